The van der Waals surface area contributed by atoms with Crippen LogP contribution in [0.5, 0.6) is 0 Å². The lowest BCUT2D eigenvalue weighted by molar-refractivity contribution is -0.305. The minimum absolute atomic E-state index is 0.208. The van der Waals surface area contributed by atoms with Crippen LogP contribution in [0.2, 0.25) is 0 Å². The number of unbranched alkanes of at least 4 members (excludes halogenated alkanes) is 43. The summed E-state index contributed by atoms with van der Waals surface area (Å²) in [6, 6.07) is 0. The number of carbonyl (C=O) groups excluding carboxylic acids is 2. The summed E-state index contributed by atoms with van der Waals surface area (Å²) in [5, 5.41) is 40.4. The van der Waals surface area contributed by atoms with E-state index in [0.29, 0.717) is 6.42 Å². The molecule has 1 saturated heterocycles. The monoisotopic (exact) mass is 997 g/mol. The number of aliphatic hydroxyl groups is 4. The molecule has 0 aliphatic carbocycles. The first kappa shape index (κ1) is 66.7. The topological polar surface area (TPSA) is 152 Å². The van der Waals surface area contributed by atoms with E-state index in [9.17, 15) is 30.0 Å². The average molecular weight is 998 g/mol. The maximum Gasteiger partial charge on any atom is 0.306 e. The van der Waals surface area contributed by atoms with Crippen LogP contribution in [0.25, 0.3) is 0 Å². The van der Waals surface area contributed by atoms with Gasteiger partial charge in [-0.05, 0) is 12.8 Å². The molecule has 0 aromatic carbocycles. The fraction of sp³-hybridized carbons (Fsp3) is 0.967. The molecule has 0 amide bonds. The van der Waals surface area contributed by atoms with Crippen molar-refractivity contribution in [1.29, 1.82) is 0 Å². The standard InChI is InChI=1S/C60H116O10/c1-3-5-7-9-11-13-15-17-19-21-23-25-27-29-30-32-34-36-38-40-42-44-46-48-55(62)67-51-53(52-68-60-59(66)58(65)57(64)54(50-61)70-60)69-56(63)49-47-45-43-41-39-37-35-33-31-28-26-24-22-20-18-16-14-12-10-8-6-4-2/h53-54,57-61,64-66H,3-52H2,1-2H3/t53-,54-,57+,58?,59?,60-/m0/s1. The highest BCUT2D eigenvalue weighted by Crippen LogP contribution is 2.23. The van der Waals surface area contributed by atoms with E-state index in [4.69, 9.17) is 18.9 Å². The third kappa shape index (κ3) is 41.1. The summed E-state index contributed by atoms with van der Waals surface area (Å²) in [5.74, 6) is -0.779. The van der Waals surface area contributed by atoms with E-state index >= 15 is 0 Å². The van der Waals surface area contributed by atoms with Crippen molar-refractivity contribution in [3.05, 3.63) is 0 Å². The summed E-state index contributed by atoms with van der Waals surface area (Å²) < 4.78 is 22.4. The molecule has 4 N–H and O–H groups in total. The number of ether oxygens (including phenoxy) is 4. The zero-order valence-corrected chi connectivity index (χ0v) is 46.1. The highest BCUT2D eigenvalue weighted by atomic mass is 16.7. The smallest absolute Gasteiger partial charge is 0.306 e. The lowest BCUT2D eigenvalue weighted by atomic mass is 9.99. The summed E-state index contributed by atoms with van der Waals surface area (Å²) in [6.45, 7) is 3.51. The SMILES string of the molecule is CCCCCCCCCCCCCCCCCCCCCCCCCC(=O)OC[C@@H](CO[C@H]1O[C@@H](CO)[C@@H](O)C(O)C1O)OC(=O)CCCCCCCCCCCCCCCCCCCCCCCC. The fourth-order valence-electron chi connectivity index (χ4n) is 9.96. The molecule has 1 aliphatic heterocycles. The van der Waals surface area contributed by atoms with Crippen LogP contribution in [0.3, 0.4) is 0 Å². The second kappa shape index (κ2) is 51.2. The van der Waals surface area contributed by atoms with Gasteiger partial charge >= 0.3 is 11.9 Å². The molecule has 0 aromatic heterocycles. The molecule has 1 fully saturated rings. The minimum atomic E-state index is -1.59. The zero-order chi connectivity index (χ0) is 50.8. The summed E-state index contributed by atoms with van der Waals surface area (Å²) in [4.78, 5) is 25.6. The molecule has 1 aliphatic rings. The summed E-state index contributed by atoms with van der Waals surface area (Å²) in [7, 11) is 0. The quantitative estimate of drug-likeness (QED) is 0.0342. The molecule has 10 nitrogen and oxygen atoms in total. The van der Waals surface area contributed by atoms with Crippen molar-refractivity contribution in [2.45, 2.75) is 352 Å². The van der Waals surface area contributed by atoms with Crippen LogP contribution in [-0.4, -0.2) is 89.0 Å². The Hall–Kier alpha value is -1.30. The van der Waals surface area contributed by atoms with Crippen LogP contribution in [0, 0.1) is 0 Å². The molecule has 0 bridgehead atoms. The number of hydrogen-bond donors (Lipinski definition) is 4. The van der Waals surface area contributed by atoms with Crippen molar-refractivity contribution < 1.29 is 49.0 Å². The van der Waals surface area contributed by atoms with Crippen molar-refractivity contribution in [1.82, 2.24) is 0 Å². The van der Waals surface area contributed by atoms with Gasteiger partial charge in [0.2, 0.25) is 0 Å². The van der Waals surface area contributed by atoms with E-state index in [0.717, 1.165) is 32.1 Å². The van der Waals surface area contributed by atoms with Crippen LogP contribution in [0.4, 0.5) is 0 Å². The van der Waals surface area contributed by atoms with Crippen molar-refractivity contribution in [3.8, 4) is 0 Å². The maximum absolute atomic E-state index is 12.9. The Labute approximate surface area is 431 Å². The van der Waals surface area contributed by atoms with Gasteiger partial charge in [0.15, 0.2) is 12.4 Å². The van der Waals surface area contributed by atoms with Gasteiger partial charge in [-0.15, -0.1) is 0 Å². The Morgan fingerprint density at radius 3 is 0.971 bits per heavy atom. The van der Waals surface area contributed by atoms with E-state index in [-0.39, 0.29) is 32.0 Å². The number of esters is 2. The molecule has 6 atom stereocenters. The Bertz CT molecular complexity index is 1110. The summed E-state index contributed by atoms with van der Waals surface area (Å²) in [5.41, 5.74) is 0. The molecule has 1 heterocycles. The van der Waals surface area contributed by atoms with E-state index in [1.54, 1.807) is 0 Å². The van der Waals surface area contributed by atoms with Gasteiger partial charge in [0.25, 0.3) is 0 Å². The fourth-order valence-corrected chi connectivity index (χ4v) is 9.96. The third-order valence-electron chi connectivity index (χ3n) is 14.7. The lowest BCUT2D eigenvalue weighted by Crippen LogP contribution is -2.59. The van der Waals surface area contributed by atoms with Gasteiger partial charge in [0.05, 0.1) is 13.2 Å². The van der Waals surface area contributed by atoms with Crippen LogP contribution >= 0.6 is 0 Å². The highest BCUT2D eigenvalue weighted by Gasteiger charge is 2.44. The largest absolute Gasteiger partial charge is 0.462 e. The average Bonchev–Trinajstić information content (AvgIpc) is 3.36. The van der Waals surface area contributed by atoms with Gasteiger partial charge in [-0.3, -0.25) is 9.59 Å². The maximum atomic E-state index is 12.9. The van der Waals surface area contributed by atoms with Crippen molar-refractivity contribution in [2.75, 3.05) is 19.8 Å². The van der Waals surface area contributed by atoms with E-state index in [1.807, 2.05) is 0 Å². The van der Waals surface area contributed by atoms with E-state index < -0.39 is 49.4 Å². The molecule has 0 radical (unpaired) electrons. The molecule has 0 saturated carbocycles. The molecule has 416 valence electrons. The third-order valence-corrected chi connectivity index (χ3v) is 14.7. The Balaban J connectivity index is 2.15. The second-order valence-electron chi connectivity index (χ2n) is 21.5. The number of carbonyl (C=O) groups is 2. The van der Waals surface area contributed by atoms with Gasteiger partial charge in [0, 0.05) is 12.8 Å². The Morgan fingerprint density at radius 1 is 0.386 bits per heavy atom. The summed E-state index contributed by atoms with van der Waals surface area (Å²) in [6.07, 6.45) is 51.3. The van der Waals surface area contributed by atoms with Gasteiger partial charge in [-0.1, -0.05) is 290 Å². The first-order valence-corrected chi connectivity index (χ1v) is 30.6. The van der Waals surface area contributed by atoms with Crippen LogP contribution in [0.1, 0.15) is 316 Å². The molecule has 0 spiro atoms. The van der Waals surface area contributed by atoms with Crippen molar-refractivity contribution in [2.24, 2.45) is 0 Å². The Kier molecular flexibility index (Phi) is 48.8. The number of rotatable bonds is 54. The number of hydrogen-bond acceptors (Lipinski definition) is 10. The van der Waals surface area contributed by atoms with Crippen LogP contribution in [-0.2, 0) is 28.5 Å². The predicted molar refractivity (Wildman–Crippen MR) is 289 cm³/mol. The van der Waals surface area contributed by atoms with Gasteiger partial charge in [-0.2, -0.15) is 0 Å². The van der Waals surface area contributed by atoms with Gasteiger partial charge in [-0.25, -0.2) is 0 Å². The van der Waals surface area contributed by atoms with Crippen LogP contribution < -0.4 is 0 Å². The second-order valence-corrected chi connectivity index (χ2v) is 21.5. The van der Waals surface area contributed by atoms with Crippen molar-refractivity contribution in [3.63, 3.8) is 0 Å². The highest BCUT2D eigenvalue weighted by molar-refractivity contribution is 5.70. The molecule has 10 heteroatoms. The molecule has 0 aromatic rings. The van der Waals surface area contributed by atoms with E-state index in [2.05, 4.69) is 13.8 Å². The predicted octanol–water partition coefficient (Wildman–Crippen LogP) is 15.6. The molecule has 70 heavy (non-hydrogen) atoms. The molecular formula is C60H116O10. The number of aliphatic hydroxyl groups excluding tert-OH is 4. The molecule has 2 unspecified atom stereocenters. The van der Waals surface area contributed by atoms with Crippen molar-refractivity contribution >= 4 is 11.9 Å². The van der Waals surface area contributed by atoms with E-state index in [1.165, 1.54) is 250 Å². The van der Waals surface area contributed by atoms with Gasteiger partial charge in [0.1, 0.15) is 31.0 Å². The first-order valence-electron chi connectivity index (χ1n) is 30.6. The first-order chi connectivity index (χ1) is 34.3. The summed E-state index contributed by atoms with van der Waals surface area (Å²) >= 11 is 0. The van der Waals surface area contributed by atoms with Gasteiger partial charge < -0.3 is 39.4 Å². The van der Waals surface area contributed by atoms with Crippen LogP contribution in [0.15, 0.2) is 0 Å². The Morgan fingerprint density at radius 2 is 0.671 bits per heavy atom. The lowest BCUT2D eigenvalue weighted by Gasteiger charge is -2.39. The zero-order valence-electron chi connectivity index (χ0n) is 46.1. The minimum Gasteiger partial charge on any atom is -0.462 e. The molecule has 1 rings (SSSR count). The molecular weight excluding hydrogens is 881 g/mol. The normalized spacial score (nSPS) is 18.6.